The lowest BCUT2D eigenvalue weighted by Crippen LogP contribution is -2.43. The lowest BCUT2D eigenvalue weighted by Gasteiger charge is -2.29. The summed E-state index contributed by atoms with van der Waals surface area (Å²) in [5, 5.41) is 7.33. The molecule has 150 valence electrons. The fraction of sp³-hybridized carbons (Fsp3) is 0.182. The van der Waals surface area contributed by atoms with Crippen molar-refractivity contribution in [3.05, 3.63) is 66.9 Å². The Morgan fingerprint density at radius 3 is 2.70 bits per heavy atom. The summed E-state index contributed by atoms with van der Waals surface area (Å²) in [7, 11) is 0. The first kappa shape index (κ1) is 18.4. The molecule has 1 aliphatic rings. The summed E-state index contributed by atoms with van der Waals surface area (Å²) in [5.74, 6) is 0.417. The van der Waals surface area contributed by atoms with Crippen LogP contribution in [-0.2, 0) is 0 Å². The van der Waals surface area contributed by atoms with E-state index < -0.39 is 5.82 Å². The van der Waals surface area contributed by atoms with Crippen LogP contribution in [0, 0.1) is 5.82 Å². The maximum atomic E-state index is 14.5. The minimum Gasteiger partial charge on any atom is -0.368 e. The average molecular weight is 401 g/mol. The molecule has 30 heavy (non-hydrogen) atoms. The Labute approximate surface area is 173 Å². The Morgan fingerprint density at radius 2 is 1.87 bits per heavy atom. The fourth-order valence-corrected chi connectivity index (χ4v) is 3.54. The molecule has 0 radical (unpaired) electrons. The number of anilines is 3. The second-order valence-electron chi connectivity index (χ2n) is 7.06. The number of nitrogens with one attached hydrogen (secondary N) is 2. The number of rotatable bonds is 4. The quantitative estimate of drug-likeness (QED) is 0.543. The second kappa shape index (κ2) is 8.00. The highest BCUT2D eigenvalue weighted by molar-refractivity contribution is 5.83. The number of nitrogens with zero attached hydrogens (tertiary/aromatic N) is 5. The van der Waals surface area contributed by atoms with Crippen molar-refractivity contribution in [2.24, 2.45) is 0 Å². The zero-order chi connectivity index (χ0) is 20.3. The third-order valence-electron chi connectivity index (χ3n) is 5.09. The van der Waals surface area contributed by atoms with Gasteiger partial charge in [-0.2, -0.15) is 0 Å². The molecule has 2 N–H and O–H groups in total. The van der Waals surface area contributed by atoms with Gasteiger partial charge in [0, 0.05) is 43.3 Å². The molecule has 8 heteroatoms. The first-order chi connectivity index (χ1) is 14.8. The summed E-state index contributed by atoms with van der Waals surface area (Å²) >= 11 is 0. The minimum atomic E-state index is -0.481. The van der Waals surface area contributed by atoms with Gasteiger partial charge in [0.15, 0.2) is 5.82 Å². The third-order valence-corrected chi connectivity index (χ3v) is 5.09. The SMILES string of the molecule is Fc1cnc(Nc2ccc(N3CCNCC3)cn2)nc1-c1ccc2ncccc2c1. The van der Waals surface area contributed by atoms with Crippen LogP contribution in [0.15, 0.2) is 61.1 Å². The maximum Gasteiger partial charge on any atom is 0.229 e. The van der Waals surface area contributed by atoms with E-state index in [4.69, 9.17) is 0 Å². The number of benzene rings is 1. The van der Waals surface area contributed by atoms with Crippen molar-refractivity contribution in [1.29, 1.82) is 0 Å². The van der Waals surface area contributed by atoms with Crippen molar-refractivity contribution in [1.82, 2.24) is 25.3 Å². The summed E-state index contributed by atoms with van der Waals surface area (Å²) in [6.07, 6.45) is 4.73. The molecule has 0 saturated carbocycles. The number of piperazine rings is 1. The van der Waals surface area contributed by atoms with Crippen LogP contribution in [0.25, 0.3) is 22.2 Å². The zero-order valence-electron chi connectivity index (χ0n) is 16.2. The van der Waals surface area contributed by atoms with E-state index in [1.807, 2.05) is 48.7 Å². The highest BCUT2D eigenvalue weighted by atomic mass is 19.1. The van der Waals surface area contributed by atoms with E-state index in [0.717, 1.165) is 42.8 Å². The highest BCUT2D eigenvalue weighted by Gasteiger charge is 2.13. The molecule has 1 aromatic carbocycles. The second-order valence-corrected chi connectivity index (χ2v) is 7.06. The molecule has 0 bridgehead atoms. The summed E-state index contributed by atoms with van der Waals surface area (Å²) in [4.78, 5) is 19.5. The van der Waals surface area contributed by atoms with E-state index in [1.54, 1.807) is 6.20 Å². The topological polar surface area (TPSA) is 78.9 Å². The van der Waals surface area contributed by atoms with Crippen molar-refractivity contribution in [3.8, 4) is 11.3 Å². The van der Waals surface area contributed by atoms with Gasteiger partial charge in [-0.1, -0.05) is 12.1 Å². The molecule has 5 rings (SSSR count). The van der Waals surface area contributed by atoms with Crippen molar-refractivity contribution in [2.45, 2.75) is 0 Å². The summed E-state index contributed by atoms with van der Waals surface area (Å²) in [6.45, 7) is 3.86. The molecule has 7 nitrogen and oxygen atoms in total. The normalized spacial score (nSPS) is 14.1. The molecule has 3 aromatic heterocycles. The van der Waals surface area contributed by atoms with Gasteiger partial charge in [0.1, 0.15) is 11.5 Å². The van der Waals surface area contributed by atoms with Crippen LogP contribution in [0.3, 0.4) is 0 Å². The average Bonchev–Trinajstić information content (AvgIpc) is 2.81. The van der Waals surface area contributed by atoms with Crippen molar-refractivity contribution >= 4 is 28.4 Å². The molecule has 1 fully saturated rings. The van der Waals surface area contributed by atoms with Crippen molar-refractivity contribution in [2.75, 3.05) is 36.4 Å². The summed E-state index contributed by atoms with van der Waals surface area (Å²) < 4.78 is 14.5. The van der Waals surface area contributed by atoms with E-state index >= 15 is 0 Å². The van der Waals surface area contributed by atoms with Gasteiger partial charge in [0.05, 0.1) is 23.6 Å². The van der Waals surface area contributed by atoms with Gasteiger partial charge in [-0.25, -0.2) is 19.3 Å². The van der Waals surface area contributed by atoms with Crippen LogP contribution in [0.4, 0.5) is 21.8 Å². The summed E-state index contributed by atoms with van der Waals surface area (Å²) in [6, 6.07) is 13.2. The fourth-order valence-electron chi connectivity index (χ4n) is 3.54. The molecule has 4 aromatic rings. The minimum absolute atomic E-state index is 0.232. The van der Waals surface area contributed by atoms with Crippen LogP contribution in [0.5, 0.6) is 0 Å². The van der Waals surface area contributed by atoms with E-state index in [0.29, 0.717) is 17.3 Å². The van der Waals surface area contributed by atoms with Crippen molar-refractivity contribution in [3.63, 3.8) is 0 Å². The standard InChI is InChI=1S/C22H20FN7/c23-18-14-27-22(28-20-6-4-17(13-26-20)30-10-8-24-9-11-30)29-21(18)16-3-5-19-15(12-16)2-1-7-25-19/h1-7,12-14,24H,8-11H2,(H,26,27,28,29). The van der Waals surface area contributed by atoms with E-state index in [9.17, 15) is 4.39 Å². The third kappa shape index (κ3) is 3.77. The number of hydrogen-bond acceptors (Lipinski definition) is 7. The molecule has 1 aliphatic heterocycles. The Kier molecular flexibility index (Phi) is 4.90. The lowest BCUT2D eigenvalue weighted by atomic mass is 10.1. The molecular formula is C22H20FN7. The van der Waals surface area contributed by atoms with Gasteiger partial charge in [-0.15, -0.1) is 0 Å². The van der Waals surface area contributed by atoms with Gasteiger partial charge in [-0.3, -0.25) is 4.98 Å². The number of halogens is 1. The van der Waals surface area contributed by atoms with Crippen LogP contribution < -0.4 is 15.5 Å². The van der Waals surface area contributed by atoms with Gasteiger partial charge in [0.2, 0.25) is 5.95 Å². The Hall–Kier alpha value is -3.65. The van der Waals surface area contributed by atoms with Crippen molar-refractivity contribution < 1.29 is 4.39 Å². The van der Waals surface area contributed by atoms with E-state index in [1.165, 1.54) is 6.20 Å². The molecular weight excluding hydrogens is 381 g/mol. The predicted octanol–water partition coefficient (Wildman–Crippen LogP) is 3.38. The monoisotopic (exact) mass is 401 g/mol. The Bertz CT molecular complexity index is 1170. The van der Waals surface area contributed by atoms with Gasteiger partial charge in [0.25, 0.3) is 0 Å². The maximum absolute atomic E-state index is 14.5. The van der Waals surface area contributed by atoms with Gasteiger partial charge >= 0.3 is 0 Å². The molecule has 4 heterocycles. The molecule has 0 unspecified atom stereocenters. The molecule has 0 amide bonds. The van der Waals surface area contributed by atoms with Crippen LogP contribution in [-0.4, -0.2) is 46.1 Å². The largest absolute Gasteiger partial charge is 0.368 e. The zero-order valence-corrected chi connectivity index (χ0v) is 16.2. The first-order valence-corrected chi connectivity index (χ1v) is 9.83. The molecule has 1 saturated heterocycles. The van der Waals surface area contributed by atoms with Gasteiger partial charge < -0.3 is 15.5 Å². The summed E-state index contributed by atoms with van der Waals surface area (Å²) in [5.41, 5.74) is 2.83. The lowest BCUT2D eigenvalue weighted by molar-refractivity contribution is 0.589. The highest BCUT2D eigenvalue weighted by Crippen LogP contribution is 2.25. The molecule has 0 spiro atoms. The number of hydrogen-bond donors (Lipinski definition) is 2. The number of fused-ring (bicyclic) bond motifs is 1. The predicted molar refractivity (Wildman–Crippen MR) is 115 cm³/mol. The first-order valence-electron chi connectivity index (χ1n) is 9.83. The van der Waals surface area contributed by atoms with Crippen LogP contribution in [0.2, 0.25) is 0 Å². The smallest absolute Gasteiger partial charge is 0.229 e. The Morgan fingerprint density at radius 1 is 0.967 bits per heavy atom. The van der Waals surface area contributed by atoms with E-state index in [2.05, 4.69) is 35.5 Å². The van der Waals surface area contributed by atoms with Crippen LogP contribution >= 0.6 is 0 Å². The van der Waals surface area contributed by atoms with Gasteiger partial charge in [-0.05, 0) is 30.3 Å². The van der Waals surface area contributed by atoms with Crippen LogP contribution in [0.1, 0.15) is 0 Å². The Balaban J connectivity index is 1.39. The number of aromatic nitrogens is 4. The molecule has 0 atom stereocenters. The van der Waals surface area contributed by atoms with E-state index in [-0.39, 0.29) is 5.69 Å². The number of pyridine rings is 2. The molecule has 0 aliphatic carbocycles.